The summed E-state index contributed by atoms with van der Waals surface area (Å²) in [6.07, 6.45) is 12.5. The molecule has 0 aromatic carbocycles. The van der Waals surface area contributed by atoms with E-state index in [0.29, 0.717) is 40.6 Å². The van der Waals surface area contributed by atoms with Crippen LogP contribution >= 0.6 is 0 Å². The molecule has 0 bridgehead atoms. The monoisotopic (exact) mass is 583 g/mol. The van der Waals surface area contributed by atoms with Crippen LogP contribution in [0.3, 0.4) is 0 Å². The first kappa shape index (κ1) is 29.5. The lowest BCUT2D eigenvalue weighted by Crippen LogP contribution is -2.56. The average molecular weight is 584 g/mol. The van der Waals surface area contributed by atoms with Gasteiger partial charge in [-0.25, -0.2) is 0 Å². The molecule has 7 aliphatic rings. The van der Waals surface area contributed by atoms with Gasteiger partial charge in [0.15, 0.2) is 5.79 Å². The molecule has 236 valence electrons. The Kier molecular flexibility index (Phi) is 7.54. The fraction of sp³-hybridized carbons (Fsp3) is 0.943. The molecule has 4 aliphatic carbocycles. The van der Waals surface area contributed by atoms with Crippen LogP contribution in [0.25, 0.3) is 0 Å². The minimum atomic E-state index is -0.325. The third-order valence-electron chi connectivity index (χ3n) is 14.5. The first-order valence-corrected chi connectivity index (χ1v) is 17.6. The van der Waals surface area contributed by atoms with E-state index in [9.17, 15) is 9.59 Å². The van der Waals surface area contributed by atoms with Crippen molar-refractivity contribution in [2.45, 2.75) is 116 Å². The maximum atomic E-state index is 12.9. The number of hydrogen-bond donors (Lipinski definition) is 1. The van der Waals surface area contributed by atoms with Crippen LogP contribution in [0.1, 0.15) is 98.3 Å². The molecule has 1 N–H and O–H groups in total. The number of nitrogens with zero attached hydrogens (tertiary/aromatic N) is 2. The summed E-state index contributed by atoms with van der Waals surface area (Å²) in [5.74, 6) is 4.39. The maximum absolute atomic E-state index is 12.9. The van der Waals surface area contributed by atoms with Gasteiger partial charge in [0.2, 0.25) is 11.8 Å². The van der Waals surface area contributed by atoms with Gasteiger partial charge in [-0.2, -0.15) is 0 Å². The zero-order valence-electron chi connectivity index (χ0n) is 27.0. The van der Waals surface area contributed by atoms with Crippen LogP contribution in [-0.2, 0) is 19.1 Å². The molecule has 1 spiro atoms. The SMILES string of the molecule is C[C@@H]1CC[C@@]2(OC1)O[C@H]1C[C@H]3[C@@H]4CC[C@@H]5C[C@H](NC(=O)CC(=O)N6CCN(C)CC6)CC[C@]5(C)[C@H]4CC[C@]3(C)[C@H]1[C@@H]2C. The van der Waals surface area contributed by atoms with Crippen molar-refractivity contribution in [2.75, 3.05) is 39.8 Å². The zero-order valence-corrected chi connectivity index (χ0v) is 27.0. The van der Waals surface area contributed by atoms with E-state index in [1.54, 1.807) is 0 Å². The van der Waals surface area contributed by atoms with Crippen molar-refractivity contribution in [2.24, 2.45) is 52.3 Å². The number of rotatable bonds is 3. The van der Waals surface area contributed by atoms with Crippen LogP contribution in [0.15, 0.2) is 0 Å². The van der Waals surface area contributed by atoms with Gasteiger partial charge >= 0.3 is 0 Å². The topological polar surface area (TPSA) is 71.1 Å². The van der Waals surface area contributed by atoms with Gasteiger partial charge in [0.05, 0.1) is 12.7 Å². The number of fused-ring (bicyclic) bond motifs is 7. The Hall–Kier alpha value is -1.18. The lowest BCUT2D eigenvalue weighted by molar-refractivity contribution is -0.273. The molecule has 3 aliphatic heterocycles. The molecular formula is C35H57N3O4. The van der Waals surface area contributed by atoms with Crippen LogP contribution in [0.5, 0.6) is 0 Å². The Balaban J connectivity index is 0.971. The smallest absolute Gasteiger partial charge is 0.232 e. The number of amides is 2. The highest BCUT2D eigenvalue weighted by molar-refractivity contribution is 5.97. The highest BCUT2D eigenvalue weighted by Crippen LogP contribution is 2.71. The highest BCUT2D eigenvalue weighted by atomic mass is 16.7. The molecule has 7 rings (SSSR count). The molecular weight excluding hydrogens is 526 g/mol. The van der Waals surface area contributed by atoms with Crippen molar-refractivity contribution in [3.63, 3.8) is 0 Å². The Morgan fingerprint density at radius 2 is 1.64 bits per heavy atom. The molecule has 4 saturated carbocycles. The molecule has 3 saturated heterocycles. The van der Waals surface area contributed by atoms with Gasteiger partial charge in [0, 0.05) is 44.6 Å². The number of nitrogens with one attached hydrogen (secondary N) is 1. The van der Waals surface area contributed by atoms with Crippen molar-refractivity contribution in [3.8, 4) is 0 Å². The minimum absolute atomic E-state index is 0.00128. The molecule has 42 heavy (non-hydrogen) atoms. The van der Waals surface area contributed by atoms with Crippen molar-refractivity contribution in [3.05, 3.63) is 0 Å². The second-order valence-electron chi connectivity index (χ2n) is 16.6. The summed E-state index contributed by atoms with van der Waals surface area (Å²) in [5.41, 5.74) is 0.737. The molecule has 0 unspecified atom stereocenters. The van der Waals surface area contributed by atoms with Crippen LogP contribution in [0, 0.1) is 52.3 Å². The van der Waals surface area contributed by atoms with Crippen LogP contribution in [-0.4, -0.2) is 79.4 Å². The van der Waals surface area contributed by atoms with Crippen molar-refractivity contribution < 1.29 is 19.1 Å². The minimum Gasteiger partial charge on any atom is -0.353 e. The van der Waals surface area contributed by atoms with Crippen LogP contribution < -0.4 is 5.32 Å². The van der Waals surface area contributed by atoms with Gasteiger partial charge in [0.1, 0.15) is 6.42 Å². The second kappa shape index (κ2) is 10.7. The van der Waals surface area contributed by atoms with Crippen LogP contribution in [0.2, 0.25) is 0 Å². The largest absolute Gasteiger partial charge is 0.353 e. The Bertz CT molecular complexity index is 1050. The molecule has 0 aromatic rings. The number of hydrogen-bond acceptors (Lipinski definition) is 5. The summed E-state index contributed by atoms with van der Waals surface area (Å²) in [6, 6.07) is 0.218. The van der Waals surface area contributed by atoms with E-state index >= 15 is 0 Å². The number of ether oxygens (including phenoxy) is 2. The fourth-order valence-corrected chi connectivity index (χ4v) is 12.0. The molecule has 3 heterocycles. The van der Waals surface area contributed by atoms with Gasteiger partial charge in [-0.05, 0) is 111 Å². The quantitative estimate of drug-likeness (QED) is 0.469. The first-order chi connectivity index (χ1) is 20.0. The average Bonchev–Trinajstić information content (AvgIpc) is 3.40. The molecule has 2 amide bonds. The normalized spacial score (nSPS) is 50.5. The zero-order chi connectivity index (χ0) is 29.4. The first-order valence-electron chi connectivity index (χ1n) is 17.6. The summed E-state index contributed by atoms with van der Waals surface area (Å²) >= 11 is 0. The number of piperazine rings is 1. The lowest BCUT2D eigenvalue weighted by atomic mass is 9.44. The highest BCUT2D eigenvalue weighted by Gasteiger charge is 2.69. The molecule has 0 aromatic heterocycles. The van der Waals surface area contributed by atoms with Gasteiger partial charge in [0.25, 0.3) is 0 Å². The van der Waals surface area contributed by atoms with E-state index in [1.807, 2.05) is 4.90 Å². The van der Waals surface area contributed by atoms with Crippen molar-refractivity contribution in [1.29, 1.82) is 0 Å². The van der Waals surface area contributed by atoms with E-state index in [4.69, 9.17) is 9.47 Å². The van der Waals surface area contributed by atoms with Crippen molar-refractivity contribution >= 4 is 11.8 Å². The summed E-state index contributed by atoms with van der Waals surface area (Å²) < 4.78 is 13.5. The summed E-state index contributed by atoms with van der Waals surface area (Å²) in [7, 11) is 2.08. The van der Waals surface area contributed by atoms with Gasteiger partial charge in [-0.15, -0.1) is 0 Å². The Morgan fingerprint density at radius 1 is 0.881 bits per heavy atom. The molecule has 7 nitrogen and oxygen atoms in total. The fourth-order valence-electron chi connectivity index (χ4n) is 12.0. The van der Waals surface area contributed by atoms with E-state index in [2.05, 4.69) is 45.0 Å². The maximum Gasteiger partial charge on any atom is 0.232 e. The van der Waals surface area contributed by atoms with Gasteiger partial charge in [-0.1, -0.05) is 27.7 Å². The Labute approximate surface area is 254 Å². The number of likely N-dealkylation sites (N-methyl/N-ethyl adjacent to an activating group) is 1. The Morgan fingerprint density at radius 3 is 2.38 bits per heavy atom. The van der Waals surface area contributed by atoms with E-state index < -0.39 is 0 Å². The third-order valence-corrected chi connectivity index (χ3v) is 14.5. The van der Waals surface area contributed by atoms with Crippen LogP contribution in [0.4, 0.5) is 0 Å². The summed E-state index contributed by atoms with van der Waals surface area (Å²) in [5, 5.41) is 3.30. The van der Waals surface area contributed by atoms with E-state index in [0.717, 1.165) is 69.8 Å². The molecule has 7 fully saturated rings. The molecule has 0 radical (unpaired) electrons. The molecule has 7 heteroatoms. The summed E-state index contributed by atoms with van der Waals surface area (Å²) in [6.45, 7) is 14.1. The third kappa shape index (κ3) is 4.69. The van der Waals surface area contributed by atoms with Crippen molar-refractivity contribution in [1.82, 2.24) is 15.1 Å². The summed E-state index contributed by atoms with van der Waals surface area (Å²) in [4.78, 5) is 29.7. The van der Waals surface area contributed by atoms with Gasteiger partial charge < -0.3 is 24.6 Å². The number of carbonyl (C=O) groups is 2. The predicted molar refractivity (Wildman–Crippen MR) is 162 cm³/mol. The molecule has 12 atom stereocenters. The number of carbonyl (C=O) groups excluding carboxylic acids is 2. The standard InChI is InChI=1S/C35H57N3O4/c1-22-8-13-35(41-21-22)23(2)32-29(42-35)19-28-26-7-6-24-18-25(9-11-33(24,3)27(26)10-12-34(28,32)4)36-30(39)20-31(40)38-16-14-37(5)15-17-38/h22-29,32H,6-21H2,1-5H3,(H,36,39)/t22-,23+,24-,25-,26-,27+,28+,29+,32+,33+,34+,35-/m1/s1. The van der Waals surface area contributed by atoms with E-state index in [-0.39, 0.29) is 30.1 Å². The second-order valence-corrected chi connectivity index (χ2v) is 16.6. The lowest BCUT2D eigenvalue weighted by Gasteiger charge is -2.61. The van der Waals surface area contributed by atoms with E-state index in [1.165, 1.54) is 44.9 Å². The predicted octanol–water partition coefficient (Wildman–Crippen LogP) is 5.08. The van der Waals surface area contributed by atoms with Gasteiger partial charge in [-0.3, -0.25) is 9.59 Å².